The van der Waals surface area contributed by atoms with Crippen molar-refractivity contribution in [1.29, 1.82) is 0 Å². The van der Waals surface area contributed by atoms with Crippen LogP contribution in [0.4, 0.5) is 4.79 Å². The first-order valence-corrected chi connectivity index (χ1v) is 13.8. The number of rotatable bonds is 13. The van der Waals surface area contributed by atoms with Gasteiger partial charge in [-0.25, -0.2) is 9.78 Å². The first kappa shape index (κ1) is 29.4. The van der Waals surface area contributed by atoms with Crippen LogP contribution in [-0.4, -0.2) is 35.4 Å². The largest absolute Gasteiger partial charge is 0.493 e. The lowest BCUT2D eigenvalue weighted by molar-refractivity contribution is -0.136. The summed E-state index contributed by atoms with van der Waals surface area (Å²) < 4.78 is 17.1. The van der Waals surface area contributed by atoms with Crippen molar-refractivity contribution in [3.8, 4) is 28.3 Å². The van der Waals surface area contributed by atoms with Gasteiger partial charge in [0, 0.05) is 24.9 Å². The molecule has 8 heteroatoms. The first-order chi connectivity index (χ1) is 19.8. The van der Waals surface area contributed by atoms with Gasteiger partial charge in [-0.2, -0.15) is 0 Å². The molecule has 1 amide bonds. The molecule has 0 saturated heterocycles. The van der Waals surface area contributed by atoms with E-state index in [4.69, 9.17) is 24.0 Å². The number of aromatic nitrogens is 1. The SMILES string of the molecule is Cc1oc(-c2ccc(-c3ccccc3)cc2)nc1CCOc1ccc(CCC(=O)O)c(CNC(=O)OCC(C)C)c1. The number of carbonyl (C=O) groups is 2. The maximum atomic E-state index is 12.1. The minimum absolute atomic E-state index is 0.00620. The Kier molecular flexibility index (Phi) is 10.2. The Morgan fingerprint density at radius 1 is 0.927 bits per heavy atom. The van der Waals surface area contributed by atoms with Crippen molar-refractivity contribution in [2.45, 2.75) is 46.6 Å². The van der Waals surface area contributed by atoms with Crippen molar-refractivity contribution in [3.05, 3.63) is 95.4 Å². The molecule has 0 aliphatic carbocycles. The van der Waals surface area contributed by atoms with Gasteiger partial charge < -0.3 is 24.3 Å². The molecular formula is C33H36N2O6. The van der Waals surface area contributed by atoms with Gasteiger partial charge in [0.1, 0.15) is 11.5 Å². The molecule has 8 nitrogen and oxygen atoms in total. The van der Waals surface area contributed by atoms with Gasteiger partial charge >= 0.3 is 12.1 Å². The molecule has 4 aromatic rings. The van der Waals surface area contributed by atoms with E-state index in [1.807, 2.05) is 69.3 Å². The summed E-state index contributed by atoms with van der Waals surface area (Å²) in [7, 11) is 0. The molecule has 0 radical (unpaired) electrons. The van der Waals surface area contributed by atoms with E-state index in [-0.39, 0.29) is 18.9 Å². The number of hydrogen-bond donors (Lipinski definition) is 2. The van der Waals surface area contributed by atoms with Gasteiger partial charge in [0.15, 0.2) is 0 Å². The van der Waals surface area contributed by atoms with Crippen LogP contribution in [0, 0.1) is 12.8 Å². The second-order valence-electron chi connectivity index (χ2n) is 10.2. The fourth-order valence-corrected chi connectivity index (χ4v) is 4.29. The smallest absolute Gasteiger partial charge is 0.407 e. The maximum Gasteiger partial charge on any atom is 0.407 e. The minimum atomic E-state index is -0.880. The third-order valence-corrected chi connectivity index (χ3v) is 6.50. The zero-order chi connectivity index (χ0) is 29.2. The van der Waals surface area contributed by atoms with Crippen LogP contribution < -0.4 is 10.1 Å². The predicted molar refractivity (Wildman–Crippen MR) is 157 cm³/mol. The molecule has 0 aliphatic rings. The Hall–Kier alpha value is -4.59. The highest BCUT2D eigenvalue weighted by Gasteiger charge is 2.13. The summed E-state index contributed by atoms with van der Waals surface area (Å²) in [4.78, 5) is 27.9. The highest BCUT2D eigenvalue weighted by Crippen LogP contribution is 2.26. The van der Waals surface area contributed by atoms with Crippen LogP contribution in [0.5, 0.6) is 5.75 Å². The molecule has 0 unspecified atom stereocenters. The Balaban J connectivity index is 1.37. The zero-order valence-electron chi connectivity index (χ0n) is 23.7. The molecule has 0 saturated carbocycles. The van der Waals surface area contributed by atoms with Gasteiger partial charge in [-0.3, -0.25) is 4.79 Å². The topological polar surface area (TPSA) is 111 Å². The first-order valence-electron chi connectivity index (χ1n) is 13.8. The number of nitrogens with zero attached hydrogens (tertiary/aromatic N) is 1. The monoisotopic (exact) mass is 556 g/mol. The number of hydrogen-bond acceptors (Lipinski definition) is 6. The van der Waals surface area contributed by atoms with Gasteiger partial charge in [-0.05, 0) is 65.8 Å². The van der Waals surface area contributed by atoms with Crippen LogP contribution in [0.1, 0.15) is 42.8 Å². The summed E-state index contributed by atoms with van der Waals surface area (Å²) in [5.74, 6) is 1.28. The third kappa shape index (κ3) is 8.70. The lowest BCUT2D eigenvalue weighted by Gasteiger charge is -2.14. The lowest BCUT2D eigenvalue weighted by atomic mass is 10.0. The maximum absolute atomic E-state index is 12.1. The number of carboxylic acid groups (broad SMARTS) is 1. The number of amides is 1. The quantitative estimate of drug-likeness (QED) is 0.185. The molecule has 0 bridgehead atoms. The highest BCUT2D eigenvalue weighted by atomic mass is 16.5. The lowest BCUT2D eigenvalue weighted by Crippen LogP contribution is -2.25. The van der Waals surface area contributed by atoms with Gasteiger partial charge in [0.2, 0.25) is 5.89 Å². The molecule has 3 aromatic carbocycles. The second-order valence-corrected chi connectivity index (χ2v) is 10.2. The molecule has 0 aliphatic heterocycles. The predicted octanol–water partition coefficient (Wildman–Crippen LogP) is 6.84. The standard InChI is InChI=1S/C33H36N2O6/c1-22(2)21-40-33(38)34-20-28-19-29(15-13-26(28)14-16-31(36)37)39-18-17-30-23(3)41-32(35-30)27-11-9-25(10-12-27)24-7-5-4-6-8-24/h4-13,15,19,22H,14,16-18,20-21H2,1-3H3,(H,34,38)(H,36,37). The normalized spacial score (nSPS) is 10.9. The van der Waals surface area contributed by atoms with Crippen LogP contribution in [0.2, 0.25) is 0 Å². The van der Waals surface area contributed by atoms with Crippen molar-refractivity contribution in [1.82, 2.24) is 10.3 Å². The van der Waals surface area contributed by atoms with E-state index in [0.717, 1.165) is 39.3 Å². The molecule has 1 heterocycles. The molecule has 0 spiro atoms. The Bertz CT molecular complexity index is 1440. The number of carbonyl (C=O) groups excluding carboxylic acids is 1. The summed E-state index contributed by atoms with van der Waals surface area (Å²) >= 11 is 0. The second kappa shape index (κ2) is 14.2. The van der Waals surface area contributed by atoms with E-state index in [0.29, 0.717) is 37.7 Å². The molecule has 4 rings (SSSR count). The molecule has 0 atom stereocenters. The Morgan fingerprint density at radius 3 is 2.34 bits per heavy atom. The summed E-state index contributed by atoms with van der Waals surface area (Å²) in [6, 6.07) is 23.8. The molecular weight excluding hydrogens is 520 g/mol. The van der Waals surface area contributed by atoms with Crippen molar-refractivity contribution >= 4 is 12.1 Å². The number of benzene rings is 3. The number of alkyl carbamates (subject to hydrolysis) is 1. The van der Waals surface area contributed by atoms with Crippen molar-refractivity contribution in [2.75, 3.05) is 13.2 Å². The van der Waals surface area contributed by atoms with Crippen molar-refractivity contribution < 1.29 is 28.6 Å². The summed E-state index contributed by atoms with van der Waals surface area (Å²) in [5.41, 5.74) is 5.62. The Labute approximate surface area is 240 Å². The van der Waals surface area contributed by atoms with E-state index in [2.05, 4.69) is 29.6 Å². The minimum Gasteiger partial charge on any atom is -0.493 e. The number of aliphatic carboxylic acids is 1. The van der Waals surface area contributed by atoms with E-state index >= 15 is 0 Å². The van der Waals surface area contributed by atoms with Gasteiger partial charge in [-0.1, -0.05) is 62.4 Å². The average Bonchev–Trinajstić information content (AvgIpc) is 3.35. The van der Waals surface area contributed by atoms with E-state index in [1.165, 1.54) is 0 Å². The Morgan fingerprint density at radius 2 is 1.63 bits per heavy atom. The molecule has 0 fully saturated rings. The summed E-state index contributed by atoms with van der Waals surface area (Å²) in [6.07, 6.45) is 0.378. The number of oxazole rings is 1. The number of carboxylic acids is 1. The van der Waals surface area contributed by atoms with Gasteiger partial charge in [-0.15, -0.1) is 0 Å². The van der Waals surface area contributed by atoms with E-state index < -0.39 is 12.1 Å². The van der Waals surface area contributed by atoms with E-state index in [1.54, 1.807) is 0 Å². The van der Waals surface area contributed by atoms with Crippen molar-refractivity contribution in [3.63, 3.8) is 0 Å². The number of ether oxygens (including phenoxy) is 2. The van der Waals surface area contributed by atoms with Crippen LogP contribution in [0.15, 0.2) is 77.2 Å². The highest BCUT2D eigenvalue weighted by molar-refractivity contribution is 5.68. The van der Waals surface area contributed by atoms with Crippen LogP contribution in [0.25, 0.3) is 22.6 Å². The molecule has 214 valence electrons. The third-order valence-electron chi connectivity index (χ3n) is 6.50. The number of nitrogens with one attached hydrogen (secondary N) is 1. The van der Waals surface area contributed by atoms with E-state index in [9.17, 15) is 9.59 Å². The average molecular weight is 557 g/mol. The summed E-state index contributed by atoms with van der Waals surface area (Å²) in [5, 5.41) is 11.9. The van der Waals surface area contributed by atoms with Crippen molar-refractivity contribution in [2.24, 2.45) is 5.92 Å². The molecule has 41 heavy (non-hydrogen) atoms. The fraction of sp³-hybridized carbons (Fsp3) is 0.303. The van der Waals surface area contributed by atoms with Crippen LogP contribution in [0.3, 0.4) is 0 Å². The zero-order valence-corrected chi connectivity index (χ0v) is 23.7. The van der Waals surface area contributed by atoms with Crippen LogP contribution >= 0.6 is 0 Å². The van der Waals surface area contributed by atoms with Gasteiger partial charge in [0.25, 0.3) is 0 Å². The fourth-order valence-electron chi connectivity index (χ4n) is 4.29. The molecule has 1 aromatic heterocycles. The summed E-state index contributed by atoms with van der Waals surface area (Å²) in [6.45, 7) is 6.72. The van der Waals surface area contributed by atoms with Crippen LogP contribution in [-0.2, 0) is 28.9 Å². The molecule has 2 N–H and O–H groups in total. The number of aryl methyl sites for hydroxylation is 2. The van der Waals surface area contributed by atoms with Gasteiger partial charge in [0.05, 0.1) is 18.9 Å².